The van der Waals surface area contributed by atoms with Crippen LogP contribution in [0.2, 0.25) is 0 Å². The molecule has 3 nitrogen and oxygen atoms in total. The summed E-state index contributed by atoms with van der Waals surface area (Å²) >= 11 is 0. The third kappa shape index (κ3) is 3.39. The molecular weight excluding hydrogens is 464 g/mol. The van der Waals surface area contributed by atoms with Gasteiger partial charge in [-0.25, -0.2) is 0 Å². The Morgan fingerprint density at radius 1 is 0.579 bits per heavy atom. The molecule has 4 aromatic carbocycles. The summed E-state index contributed by atoms with van der Waals surface area (Å²) in [4.78, 5) is 22.7. The summed E-state index contributed by atoms with van der Waals surface area (Å²) in [6.45, 7) is 6.55. The second-order valence-corrected chi connectivity index (χ2v) is 11.1. The Kier molecular flexibility index (Phi) is 4.86. The number of pyridine rings is 2. The van der Waals surface area contributed by atoms with Crippen molar-refractivity contribution in [1.82, 2.24) is 9.97 Å². The number of carbonyl (C=O) groups is 1. The summed E-state index contributed by atoms with van der Waals surface area (Å²) in [5.41, 5.74) is 9.08. The van der Waals surface area contributed by atoms with Crippen molar-refractivity contribution in [2.45, 2.75) is 26.2 Å². The van der Waals surface area contributed by atoms with Gasteiger partial charge in [0.1, 0.15) is 0 Å². The maximum absolute atomic E-state index is 13.8. The first-order valence-corrected chi connectivity index (χ1v) is 12.9. The van der Waals surface area contributed by atoms with E-state index in [0.29, 0.717) is 0 Å². The molecule has 0 fully saturated rings. The molecule has 38 heavy (non-hydrogen) atoms. The van der Waals surface area contributed by atoms with E-state index in [-0.39, 0.29) is 11.2 Å². The third-order valence-corrected chi connectivity index (χ3v) is 7.74. The summed E-state index contributed by atoms with van der Waals surface area (Å²) in [7, 11) is 0. The van der Waals surface area contributed by atoms with Gasteiger partial charge in [-0.15, -0.1) is 0 Å². The lowest BCUT2D eigenvalue weighted by Crippen LogP contribution is -2.11. The Morgan fingerprint density at radius 2 is 1.29 bits per heavy atom. The van der Waals surface area contributed by atoms with Gasteiger partial charge >= 0.3 is 0 Å². The molecule has 0 amide bonds. The number of carbonyl (C=O) groups excluding carboxylic acids is 1. The Hall–Kier alpha value is -4.63. The number of hydrogen-bond donors (Lipinski definition) is 0. The molecule has 2 heterocycles. The molecule has 7 rings (SSSR count). The van der Waals surface area contributed by atoms with E-state index >= 15 is 0 Å². The Labute approximate surface area is 221 Å². The predicted molar refractivity (Wildman–Crippen MR) is 155 cm³/mol. The molecule has 0 radical (unpaired) electrons. The van der Waals surface area contributed by atoms with Gasteiger partial charge in [0, 0.05) is 40.7 Å². The van der Waals surface area contributed by atoms with Crippen molar-refractivity contribution in [1.29, 1.82) is 0 Å². The van der Waals surface area contributed by atoms with Gasteiger partial charge in [-0.2, -0.15) is 0 Å². The van der Waals surface area contributed by atoms with Crippen molar-refractivity contribution in [2.24, 2.45) is 0 Å². The van der Waals surface area contributed by atoms with E-state index in [0.717, 1.165) is 66.2 Å². The first-order chi connectivity index (χ1) is 18.4. The highest BCUT2D eigenvalue weighted by Gasteiger charge is 2.30. The number of ketones is 1. The predicted octanol–water partition coefficient (Wildman–Crippen LogP) is 8.63. The van der Waals surface area contributed by atoms with Crippen LogP contribution < -0.4 is 0 Å². The SMILES string of the molecule is CC(C)(C)c1ccc2c(c1)C(=O)c1c-2ccc2c1ccc1c(-c3cccc(-c4ccncc4)c3)nccc12. The second-order valence-electron chi connectivity index (χ2n) is 11.1. The van der Waals surface area contributed by atoms with Crippen LogP contribution in [0.1, 0.15) is 42.3 Å². The molecule has 0 spiro atoms. The molecule has 0 bridgehead atoms. The fourth-order valence-corrected chi connectivity index (χ4v) is 5.73. The minimum absolute atomic E-state index is 0.0134. The molecular formula is C35H26N2O. The first-order valence-electron chi connectivity index (χ1n) is 12.9. The molecule has 1 aliphatic carbocycles. The van der Waals surface area contributed by atoms with Crippen molar-refractivity contribution in [3.05, 3.63) is 120 Å². The second kappa shape index (κ2) is 8.19. The molecule has 0 unspecified atom stereocenters. The quantitative estimate of drug-likeness (QED) is 0.228. The summed E-state index contributed by atoms with van der Waals surface area (Å²) in [6, 6.07) is 29.4. The van der Waals surface area contributed by atoms with Crippen LogP contribution in [0.3, 0.4) is 0 Å². The van der Waals surface area contributed by atoms with E-state index in [9.17, 15) is 4.79 Å². The molecule has 0 atom stereocenters. The van der Waals surface area contributed by atoms with Gasteiger partial charge in [-0.05, 0) is 79.7 Å². The monoisotopic (exact) mass is 490 g/mol. The molecule has 1 aliphatic rings. The topological polar surface area (TPSA) is 42.9 Å². The third-order valence-electron chi connectivity index (χ3n) is 7.74. The number of hydrogen-bond acceptors (Lipinski definition) is 3. The van der Waals surface area contributed by atoms with Crippen molar-refractivity contribution < 1.29 is 4.79 Å². The minimum atomic E-state index is -0.0134. The van der Waals surface area contributed by atoms with Crippen LogP contribution in [0.4, 0.5) is 0 Å². The molecule has 6 aromatic rings. The van der Waals surface area contributed by atoms with Gasteiger partial charge in [-0.1, -0.05) is 75.4 Å². The molecule has 0 aliphatic heterocycles. The van der Waals surface area contributed by atoms with Crippen LogP contribution >= 0.6 is 0 Å². The molecule has 0 saturated heterocycles. The fourth-order valence-electron chi connectivity index (χ4n) is 5.73. The molecule has 3 heteroatoms. The van der Waals surface area contributed by atoms with Crippen LogP contribution in [-0.2, 0) is 5.41 Å². The van der Waals surface area contributed by atoms with E-state index in [1.54, 1.807) is 0 Å². The van der Waals surface area contributed by atoms with Crippen molar-refractivity contribution in [2.75, 3.05) is 0 Å². The van der Waals surface area contributed by atoms with E-state index in [1.807, 2.05) is 30.7 Å². The van der Waals surface area contributed by atoms with Gasteiger partial charge in [0.05, 0.1) is 5.69 Å². The van der Waals surface area contributed by atoms with Crippen LogP contribution in [0.25, 0.3) is 55.1 Å². The van der Waals surface area contributed by atoms with E-state index in [2.05, 4.69) is 98.6 Å². The van der Waals surface area contributed by atoms with Crippen LogP contribution in [0.5, 0.6) is 0 Å². The average Bonchev–Trinajstić information content (AvgIpc) is 3.24. The Morgan fingerprint density at radius 3 is 2.11 bits per heavy atom. The van der Waals surface area contributed by atoms with E-state index < -0.39 is 0 Å². The zero-order valence-corrected chi connectivity index (χ0v) is 21.6. The zero-order chi connectivity index (χ0) is 26.0. The van der Waals surface area contributed by atoms with Gasteiger partial charge in [0.2, 0.25) is 0 Å². The maximum Gasteiger partial charge on any atom is 0.194 e. The van der Waals surface area contributed by atoms with Crippen LogP contribution in [-0.4, -0.2) is 15.8 Å². The number of fused-ring (bicyclic) bond motifs is 7. The molecule has 0 N–H and O–H groups in total. The Bertz CT molecular complexity index is 1910. The zero-order valence-electron chi connectivity index (χ0n) is 21.6. The normalized spacial score (nSPS) is 12.7. The van der Waals surface area contributed by atoms with Crippen molar-refractivity contribution in [3.8, 4) is 33.5 Å². The summed E-state index contributed by atoms with van der Waals surface area (Å²) in [5, 5.41) is 4.25. The van der Waals surface area contributed by atoms with Gasteiger partial charge in [-0.3, -0.25) is 14.8 Å². The number of benzene rings is 4. The number of rotatable bonds is 2. The van der Waals surface area contributed by atoms with Crippen LogP contribution in [0, 0.1) is 0 Å². The lowest BCUT2D eigenvalue weighted by molar-refractivity contribution is 0.104. The average molecular weight is 491 g/mol. The molecule has 182 valence electrons. The Balaban J connectivity index is 1.40. The highest BCUT2D eigenvalue weighted by atomic mass is 16.1. The van der Waals surface area contributed by atoms with E-state index in [4.69, 9.17) is 4.98 Å². The highest BCUT2D eigenvalue weighted by molar-refractivity contribution is 6.29. The standard InChI is InChI=1S/C35H26N2O/c1-35(2,3)24-7-8-26-29-10-9-25-27-15-18-37-33(23-6-4-5-22(19-23)21-13-16-36-17-14-21)30(27)12-11-28(25)32(29)34(38)31(26)20-24/h4-20H,1-3H3. The van der Waals surface area contributed by atoms with Gasteiger partial charge in [0.25, 0.3) is 0 Å². The minimum Gasteiger partial charge on any atom is -0.289 e. The highest BCUT2D eigenvalue weighted by Crippen LogP contribution is 2.44. The largest absolute Gasteiger partial charge is 0.289 e. The molecule has 2 aromatic heterocycles. The lowest BCUT2D eigenvalue weighted by atomic mass is 9.85. The lowest BCUT2D eigenvalue weighted by Gasteiger charge is -2.19. The van der Waals surface area contributed by atoms with Crippen molar-refractivity contribution >= 4 is 27.3 Å². The van der Waals surface area contributed by atoms with Gasteiger partial charge < -0.3 is 0 Å². The maximum atomic E-state index is 13.8. The summed E-state index contributed by atoms with van der Waals surface area (Å²) in [5.74, 6) is 0.116. The van der Waals surface area contributed by atoms with Crippen molar-refractivity contribution in [3.63, 3.8) is 0 Å². The summed E-state index contributed by atoms with van der Waals surface area (Å²) in [6.07, 6.45) is 5.49. The van der Waals surface area contributed by atoms with Crippen LogP contribution in [0.15, 0.2) is 104 Å². The number of aromatic nitrogens is 2. The first kappa shape index (κ1) is 22.6. The van der Waals surface area contributed by atoms with Gasteiger partial charge in [0.15, 0.2) is 5.78 Å². The van der Waals surface area contributed by atoms with E-state index in [1.165, 1.54) is 5.56 Å². The summed E-state index contributed by atoms with van der Waals surface area (Å²) < 4.78 is 0. The molecule has 0 saturated carbocycles. The smallest absolute Gasteiger partial charge is 0.194 e. The number of nitrogens with zero attached hydrogens (tertiary/aromatic N) is 2. The fraction of sp³-hybridized carbons (Fsp3) is 0.114.